The third-order valence-electron chi connectivity index (χ3n) is 5.55. The van der Waals surface area contributed by atoms with E-state index in [0.29, 0.717) is 5.82 Å². The minimum Gasteiger partial charge on any atom is -0.381 e. The minimum atomic E-state index is -1.58. The first-order chi connectivity index (χ1) is 18.1. The normalized spacial score (nSPS) is 12.4. The van der Waals surface area contributed by atoms with E-state index in [-0.39, 0.29) is 18.6 Å². The average Bonchev–Trinajstić information content (AvgIpc) is 3.44. The van der Waals surface area contributed by atoms with Gasteiger partial charge in [-0.2, -0.15) is 5.10 Å². The molecule has 0 bridgehead atoms. The number of hydrogen-bond acceptors (Lipinski definition) is 6. The molecule has 0 aliphatic rings. The predicted molar refractivity (Wildman–Crippen MR) is 138 cm³/mol. The van der Waals surface area contributed by atoms with Gasteiger partial charge < -0.3 is 10.4 Å². The zero-order chi connectivity index (χ0) is 26.0. The van der Waals surface area contributed by atoms with Crippen molar-refractivity contribution < 1.29 is 19.5 Å². The number of nitrogens with one attached hydrogen (secondary N) is 2. The Morgan fingerprint density at radius 2 is 1.76 bits per heavy atom. The van der Waals surface area contributed by atoms with Gasteiger partial charge in [-0.25, -0.2) is 15.1 Å². The van der Waals surface area contributed by atoms with Crippen LogP contribution in [0.2, 0.25) is 0 Å². The topological polar surface area (TPSA) is 118 Å². The Morgan fingerprint density at radius 1 is 1.03 bits per heavy atom. The molecule has 37 heavy (non-hydrogen) atoms. The van der Waals surface area contributed by atoms with Gasteiger partial charge in [0.1, 0.15) is 0 Å². The first-order valence-corrected chi connectivity index (χ1v) is 11.7. The molecule has 2 aromatic carbocycles. The monoisotopic (exact) mass is 497 g/mol. The lowest BCUT2D eigenvalue weighted by Gasteiger charge is -2.24. The van der Waals surface area contributed by atoms with E-state index in [9.17, 15) is 14.7 Å². The summed E-state index contributed by atoms with van der Waals surface area (Å²) in [5.41, 5.74) is 4.90. The van der Waals surface area contributed by atoms with Crippen molar-refractivity contribution in [1.29, 1.82) is 0 Å². The lowest BCUT2D eigenvalue weighted by Crippen LogP contribution is -2.51. The molecular formula is C28H27N5O4. The second-order valence-corrected chi connectivity index (χ2v) is 8.17. The second-order valence-electron chi connectivity index (χ2n) is 8.17. The number of pyridine rings is 1. The van der Waals surface area contributed by atoms with Crippen molar-refractivity contribution in [3.63, 3.8) is 0 Å². The summed E-state index contributed by atoms with van der Waals surface area (Å²) in [7, 11) is 0. The minimum absolute atomic E-state index is 0.0715. The van der Waals surface area contributed by atoms with Crippen LogP contribution >= 0.6 is 0 Å². The fraction of sp³-hybridized carbons (Fsp3) is 0.143. The van der Waals surface area contributed by atoms with Gasteiger partial charge in [-0.05, 0) is 30.2 Å². The number of rotatable bonds is 11. The molecule has 0 radical (unpaired) electrons. The molecule has 4 aromatic rings. The molecule has 0 aliphatic heterocycles. The van der Waals surface area contributed by atoms with Gasteiger partial charge in [-0.1, -0.05) is 66.7 Å². The van der Waals surface area contributed by atoms with E-state index >= 15 is 0 Å². The van der Waals surface area contributed by atoms with Crippen LogP contribution in [-0.2, 0) is 16.1 Å². The molecule has 0 aliphatic carbocycles. The number of aliphatic hydroxyl groups is 1. The Bertz CT molecular complexity index is 1340. The van der Waals surface area contributed by atoms with Crippen LogP contribution in [-0.4, -0.2) is 50.4 Å². The zero-order valence-corrected chi connectivity index (χ0v) is 20.0. The molecule has 2 unspecified atom stereocenters. The van der Waals surface area contributed by atoms with Gasteiger partial charge in [-0.15, -0.1) is 6.58 Å². The van der Waals surface area contributed by atoms with Gasteiger partial charge in [0.15, 0.2) is 11.9 Å². The van der Waals surface area contributed by atoms with Crippen LogP contribution < -0.4 is 10.8 Å². The van der Waals surface area contributed by atoms with Crippen molar-refractivity contribution in [2.75, 3.05) is 6.61 Å². The quantitative estimate of drug-likeness (QED) is 0.167. The first kappa shape index (κ1) is 25.5. The van der Waals surface area contributed by atoms with E-state index in [1.54, 1.807) is 24.5 Å². The van der Waals surface area contributed by atoms with Gasteiger partial charge in [0, 0.05) is 18.0 Å². The maximum Gasteiger partial charge on any atom is 0.274 e. The standard InChI is InChI=1S/C28H27N5O4/c1-2-18-37-32-28(36)25(34)24(19-20-10-5-3-6-11-20)30-27(35)22-14-9-16-29-26(22)33-17-15-23(31-33)21-12-7-4-8-13-21/h2-17,24-25,34H,1,18-19H2,(H,30,35)(H,32,36). The molecule has 2 atom stereocenters. The fourth-order valence-corrected chi connectivity index (χ4v) is 3.73. The Balaban J connectivity index is 1.58. The highest BCUT2D eigenvalue weighted by atomic mass is 16.7. The Labute approximate surface area is 214 Å². The highest BCUT2D eigenvalue weighted by molar-refractivity contribution is 5.97. The van der Waals surface area contributed by atoms with Gasteiger partial charge in [0.25, 0.3) is 11.8 Å². The molecule has 0 saturated carbocycles. The number of aliphatic hydroxyl groups excluding tert-OH is 1. The third kappa shape index (κ3) is 6.54. The number of carbonyl (C=O) groups excluding carboxylic acids is 2. The van der Waals surface area contributed by atoms with Crippen molar-refractivity contribution in [2.24, 2.45) is 0 Å². The molecule has 4 rings (SSSR count). The van der Waals surface area contributed by atoms with Gasteiger partial charge in [-0.3, -0.25) is 14.4 Å². The number of hydrogen-bond donors (Lipinski definition) is 3. The van der Waals surface area contributed by atoms with E-state index in [1.165, 1.54) is 10.8 Å². The largest absolute Gasteiger partial charge is 0.381 e. The Kier molecular flexibility index (Phi) is 8.53. The van der Waals surface area contributed by atoms with E-state index in [4.69, 9.17) is 4.84 Å². The number of nitrogens with zero attached hydrogens (tertiary/aromatic N) is 3. The summed E-state index contributed by atoms with van der Waals surface area (Å²) in [5.74, 6) is -0.984. The molecular weight excluding hydrogens is 470 g/mol. The molecule has 2 heterocycles. The smallest absolute Gasteiger partial charge is 0.274 e. The van der Waals surface area contributed by atoms with Crippen molar-refractivity contribution >= 4 is 11.8 Å². The molecule has 188 valence electrons. The fourth-order valence-electron chi connectivity index (χ4n) is 3.73. The number of hydroxylamine groups is 1. The molecule has 9 heteroatoms. The maximum absolute atomic E-state index is 13.4. The summed E-state index contributed by atoms with van der Waals surface area (Å²) in [6.07, 6.45) is 3.37. The second kappa shape index (κ2) is 12.4. The van der Waals surface area contributed by atoms with Gasteiger partial charge in [0.2, 0.25) is 0 Å². The number of benzene rings is 2. The molecule has 0 saturated heterocycles. The lowest BCUT2D eigenvalue weighted by molar-refractivity contribution is -0.142. The Morgan fingerprint density at radius 3 is 2.49 bits per heavy atom. The highest BCUT2D eigenvalue weighted by Gasteiger charge is 2.29. The van der Waals surface area contributed by atoms with Crippen LogP contribution in [0.4, 0.5) is 0 Å². The van der Waals surface area contributed by atoms with E-state index in [2.05, 4.69) is 27.5 Å². The summed E-state index contributed by atoms with van der Waals surface area (Å²) < 4.78 is 1.52. The summed E-state index contributed by atoms with van der Waals surface area (Å²) in [6.45, 7) is 3.58. The Hall–Kier alpha value is -4.60. The zero-order valence-electron chi connectivity index (χ0n) is 20.0. The van der Waals surface area contributed by atoms with Crippen LogP contribution in [0, 0.1) is 0 Å². The number of carbonyl (C=O) groups is 2. The van der Waals surface area contributed by atoms with Gasteiger partial charge in [0.05, 0.1) is 23.9 Å². The molecule has 3 N–H and O–H groups in total. The third-order valence-corrected chi connectivity index (χ3v) is 5.55. The van der Waals surface area contributed by atoms with Crippen LogP contribution in [0.3, 0.4) is 0 Å². The summed E-state index contributed by atoms with van der Waals surface area (Å²) in [4.78, 5) is 35.2. The molecule has 2 aromatic heterocycles. The van der Waals surface area contributed by atoms with Crippen molar-refractivity contribution in [3.05, 3.63) is 115 Å². The SMILES string of the molecule is C=CCONC(=O)C(O)C(Cc1ccccc1)NC(=O)c1cccnc1-n1ccc(-c2ccccc2)n1. The average molecular weight is 498 g/mol. The molecule has 2 amide bonds. The lowest BCUT2D eigenvalue weighted by atomic mass is 10.00. The number of amides is 2. The molecule has 0 spiro atoms. The van der Waals surface area contributed by atoms with E-state index in [1.807, 2.05) is 66.7 Å². The highest BCUT2D eigenvalue weighted by Crippen LogP contribution is 2.19. The summed E-state index contributed by atoms with van der Waals surface area (Å²) in [5, 5.41) is 18.2. The summed E-state index contributed by atoms with van der Waals surface area (Å²) in [6, 6.07) is 23.0. The molecule has 0 fully saturated rings. The first-order valence-electron chi connectivity index (χ1n) is 11.7. The molecule has 9 nitrogen and oxygen atoms in total. The van der Waals surface area contributed by atoms with Crippen LogP contribution in [0.1, 0.15) is 15.9 Å². The van der Waals surface area contributed by atoms with Crippen LogP contribution in [0.15, 0.2) is 104 Å². The van der Waals surface area contributed by atoms with E-state index in [0.717, 1.165) is 16.8 Å². The van der Waals surface area contributed by atoms with Crippen LogP contribution in [0.25, 0.3) is 17.1 Å². The van der Waals surface area contributed by atoms with Crippen molar-refractivity contribution in [2.45, 2.75) is 18.6 Å². The summed E-state index contributed by atoms with van der Waals surface area (Å²) >= 11 is 0. The van der Waals surface area contributed by atoms with E-state index < -0.39 is 24.0 Å². The van der Waals surface area contributed by atoms with Crippen molar-refractivity contribution in [1.82, 2.24) is 25.6 Å². The van der Waals surface area contributed by atoms with Crippen LogP contribution in [0.5, 0.6) is 0 Å². The van der Waals surface area contributed by atoms with Gasteiger partial charge >= 0.3 is 0 Å². The van der Waals surface area contributed by atoms with Crippen molar-refractivity contribution in [3.8, 4) is 17.1 Å². The number of aromatic nitrogens is 3. The predicted octanol–water partition coefficient (Wildman–Crippen LogP) is 2.87. The maximum atomic E-state index is 13.4.